The molecule has 0 atom stereocenters. The Labute approximate surface area is 87.5 Å². The second-order valence-corrected chi connectivity index (χ2v) is 3.22. The molecule has 0 fully saturated rings. The number of phenolic OH excluding ortho intramolecular Hbond substituents is 1. The van der Waals surface area contributed by atoms with Crippen LogP contribution in [0, 0.1) is 0 Å². The molecule has 0 bridgehead atoms. The third-order valence-corrected chi connectivity index (χ3v) is 1.92. The summed E-state index contributed by atoms with van der Waals surface area (Å²) in [6, 6.07) is 4.44. The molecule has 0 heterocycles. The molecule has 4 nitrogen and oxygen atoms in total. The molecule has 0 amide bonds. The van der Waals surface area contributed by atoms with Crippen molar-refractivity contribution in [1.82, 2.24) is 0 Å². The summed E-state index contributed by atoms with van der Waals surface area (Å²) in [7, 11) is 1.24. The minimum Gasteiger partial charge on any atom is -0.507 e. The molecule has 1 aromatic carbocycles. The van der Waals surface area contributed by atoms with Gasteiger partial charge in [0.05, 0.1) is 7.11 Å². The van der Waals surface area contributed by atoms with E-state index in [1.807, 2.05) is 0 Å². The van der Waals surface area contributed by atoms with Crippen molar-refractivity contribution >= 4 is 11.8 Å². The van der Waals surface area contributed by atoms with E-state index >= 15 is 0 Å². The van der Waals surface area contributed by atoms with Crippen molar-refractivity contribution in [3.8, 4) is 5.75 Å². The highest BCUT2D eigenvalue weighted by atomic mass is 16.5. The minimum atomic E-state index is -0.613. The summed E-state index contributed by atoms with van der Waals surface area (Å²) in [5, 5.41) is 9.38. The van der Waals surface area contributed by atoms with Crippen LogP contribution in [0.15, 0.2) is 18.2 Å². The van der Waals surface area contributed by atoms with E-state index in [0.29, 0.717) is 5.56 Å². The number of ether oxygens (including phenoxy) is 1. The van der Waals surface area contributed by atoms with Gasteiger partial charge in [0.1, 0.15) is 17.1 Å². The summed E-state index contributed by atoms with van der Waals surface area (Å²) in [5.74, 6) is -0.761. The summed E-state index contributed by atoms with van der Waals surface area (Å²) < 4.78 is 4.49. The van der Waals surface area contributed by atoms with Crippen LogP contribution in [0.5, 0.6) is 5.75 Å². The van der Waals surface area contributed by atoms with E-state index in [1.165, 1.54) is 26.2 Å². The predicted molar refractivity (Wildman–Crippen MR) is 53.8 cm³/mol. The lowest BCUT2D eigenvalue weighted by atomic mass is 10.1. The number of ketones is 1. The Morgan fingerprint density at radius 3 is 2.60 bits per heavy atom. The van der Waals surface area contributed by atoms with Gasteiger partial charge in [-0.25, -0.2) is 4.79 Å². The van der Waals surface area contributed by atoms with Crippen LogP contribution < -0.4 is 0 Å². The highest BCUT2D eigenvalue weighted by Gasteiger charge is 2.12. The summed E-state index contributed by atoms with van der Waals surface area (Å²) in [4.78, 5) is 22.1. The molecule has 0 aliphatic rings. The van der Waals surface area contributed by atoms with Crippen molar-refractivity contribution in [2.45, 2.75) is 13.3 Å². The lowest BCUT2D eigenvalue weighted by molar-refractivity contribution is -0.116. The first kappa shape index (κ1) is 11.2. The average Bonchev–Trinajstić information content (AvgIpc) is 2.19. The number of phenols is 1. The molecule has 0 unspecified atom stereocenters. The topological polar surface area (TPSA) is 63.6 Å². The van der Waals surface area contributed by atoms with Crippen LogP contribution in [-0.4, -0.2) is 24.0 Å². The van der Waals surface area contributed by atoms with Crippen molar-refractivity contribution in [2.24, 2.45) is 0 Å². The molecule has 0 aromatic heterocycles. The average molecular weight is 208 g/mol. The maximum Gasteiger partial charge on any atom is 0.341 e. The number of hydrogen-bond acceptors (Lipinski definition) is 4. The molecule has 0 spiro atoms. The van der Waals surface area contributed by atoms with Crippen molar-refractivity contribution in [3.05, 3.63) is 29.3 Å². The van der Waals surface area contributed by atoms with Crippen LogP contribution in [0.3, 0.4) is 0 Å². The number of benzene rings is 1. The van der Waals surface area contributed by atoms with Gasteiger partial charge in [-0.1, -0.05) is 6.07 Å². The summed E-state index contributed by atoms with van der Waals surface area (Å²) in [6.45, 7) is 1.46. The summed E-state index contributed by atoms with van der Waals surface area (Å²) in [6.07, 6.45) is 0.240. The highest BCUT2D eigenvalue weighted by molar-refractivity contribution is 5.92. The molecule has 0 saturated carbocycles. The van der Waals surface area contributed by atoms with Gasteiger partial charge in [-0.3, -0.25) is 4.79 Å². The number of methoxy groups -OCH3 is 1. The normalized spacial score (nSPS) is 9.73. The van der Waals surface area contributed by atoms with Crippen molar-refractivity contribution in [3.63, 3.8) is 0 Å². The number of hydrogen-bond donors (Lipinski definition) is 1. The molecule has 0 aliphatic heterocycles. The summed E-state index contributed by atoms with van der Waals surface area (Å²) >= 11 is 0. The molecule has 0 aliphatic carbocycles. The van der Waals surface area contributed by atoms with Crippen LogP contribution >= 0.6 is 0 Å². The first-order chi connectivity index (χ1) is 7.04. The number of rotatable bonds is 3. The molecule has 15 heavy (non-hydrogen) atoms. The Bertz CT molecular complexity index is 396. The zero-order valence-corrected chi connectivity index (χ0v) is 8.61. The van der Waals surface area contributed by atoms with Crippen LogP contribution in [0.2, 0.25) is 0 Å². The van der Waals surface area contributed by atoms with Crippen LogP contribution in [0.25, 0.3) is 0 Å². The zero-order chi connectivity index (χ0) is 11.4. The second kappa shape index (κ2) is 4.59. The number of Topliss-reactive ketones (excluding diaryl/α,β-unsaturated/α-hetero) is 1. The zero-order valence-electron chi connectivity index (χ0n) is 8.61. The molecule has 1 N–H and O–H groups in total. The molecule has 0 radical (unpaired) electrons. The smallest absolute Gasteiger partial charge is 0.341 e. The Morgan fingerprint density at radius 1 is 1.40 bits per heavy atom. The third kappa shape index (κ3) is 2.80. The summed E-state index contributed by atoms with van der Waals surface area (Å²) in [5.41, 5.74) is 0.761. The van der Waals surface area contributed by atoms with Gasteiger partial charge in [-0.2, -0.15) is 0 Å². The Kier molecular flexibility index (Phi) is 3.44. The number of carbonyl (C=O) groups excluding carboxylic acids is 2. The molecule has 1 rings (SSSR count). The molecule has 1 aromatic rings. The van der Waals surface area contributed by atoms with Gasteiger partial charge in [0, 0.05) is 6.42 Å². The van der Waals surface area contributed by atoms with Gasteiger partial charge in [-0.15, -0.1) is 0 Å². The number of esters is 1. The number of carbonyl (C=O) groups is 2. The predicted octanol–water partition coefficient (Wildman–Crippen LogP) is 1.31. The minimum absolute atomic E-state index is 0.00324. The molecule has 4 heteroatoms. The molecular weight excluding hydrogens is 196 g/mol. The Hall–Kier alpha value is -1.84. The monoisotopic (exact) mass is 208 g/mol. The van der Waals surface area contributed by atoms with Gasteiger partial charge in [0.25, 0.3) is 0 Å². The maximum absolute atomic E-state index is 11.2. The van der Waals surface area contributed by atoms with Gasteiger partial charge in [-0.05, 0) is 24.6 Å². The first-order valence-corrected chi connectivity index (χ1v) is 4.44. The third-order valence-electron chi connectivity index (χ3n) is 1.92. The molecular formula is C11H12O4. The molecule has 0 saturated heterocycles. The standard InChI is InChI=1S/C11H12O4/c1-7(12)5-8-3-4-10(13)9(6-8)11(14)15-2/h3-4,6,13H,5H2,1-2H3. The lowest BCUT2D eigenvalue weighted by Gasteiger charge is -2.04. The Morgan fingerprint density at radius 2 is 2.07 bits per heavy atom. The lowest BCUT2D eigenvalue weighted by Crippen LogP contribution is -2.04. The van der Waals surface area contributed by atoms with Gasteiger partial charge >= 0.3 is 5.97 Å². The van der Waals surface area contributed by atoms with E-state index in [1.54, 1.807) is 6.07 Å². The van der Waals surface area contributed by atoms with E-state index in [4.69, 9.17) is 0 Å². The Balaban J connectivity index is 3.05. The first-order valence-electron chi connectivity index (χ1n) is 4.44. The fourth-order valence-corrected chi connectivity index (χ4v) is 1.25. The van der Waals surface area contributed by atoms with Crippen molar-refractivity contribution in [2.75, 3.05) is 7.11 Å². The van der Waals surface area contributed by atoms with Crippen LogP contribution in [0.4, 0.5) is 0 Å². The van der Waals surface area contributed by atoms with Crippen LogP contribution in [0.1, 0.15) is 22.8 Å². The number of aromatic hydroxyl groups is 1. The fourth-order valence-electron chi connectivity index (χ4n) is 1.25. The van der Waals surface area contributed by atoms with Crippen molar-refractivity contribution in [1.29, 1.82) is 0 Å². The van der Waals surface area contributed by atoms with E-state index in [-0.39, 0.29) is 23.5 Å². The fraction of sp³-hybridized carbons (Fsp3) is 0.273. The van der Waals surface area contributed by atoms with E-state index in [2.05, 4.69) is 4.74 Å². The molecule has 80 valence electrons. The largest absolute Gasteiger partial charge is 0.507 e. The van der Waals surface area contributed by atoms with Gasteiger partial charge in [0.15, 0.2) is 0 Å². The van der Waals surface area contributed by atoms with E-state index in [0.717, 1.165) is 0 Å². The van der Waals surface area contributed by atoms with E-state index in [9.17, 15) is 14.7 Å². The SMILES string of the molecule is COC(=O)c1cc(CC(C)=O)ccc1O. The van der Waals surface area contributed by atoms with Gasteiger partial charge < -0.3 is 9.84 Å². The van der Waals surface area contributed by atoms with Crippen LogP contribution in [-0.2, 0) is 16.0 Å². The second-order valence-electron chi connectivity index (χ2n) is 3.22. The van der Waals surface area contributed by atoms with Gasteiger partial charge in [0.2, 0.25) is 0 Å². The maximum atomic E-state index is 11.2. The highest BCUT2D eigenvalue weighted by Crippen LogP contribution is 2.19. The van der Waals surface area contributed by atoms with Crippen molar-refractivity contribution < 1.29 is 19.4 Å². The quantitative estimate of drug-likeness (QED) is 0.760. The van der Waals surface area contributed by atoms with E-state index < -0.39 is 5.97 Å².